The fourth-order valence-corrected chi connectivity index (χ4v) is 0.243. The van der Waals surface area contributed by atoms with E-state index in [0.717, 1.165) is 0 Å². The van der Waals surface area contributed by atoms with Gasteiger partial charge in [-0.2, -0.15) is 0 Å². The number of carboxylic acid groups (broad SMARTS) is 1. The Labute approximate surface area is 62.2 Å². The SMILES string of the molecule is [2H][C@@H]([C@H](N)C(=O)O)C([2H])([2H])C(N)=O. The molecule has 58 valence electrons. The summed E-state index contributed by atoms with van der Waals surface area (Å²) < 4.78 is 21.0. The molecule has 0 aliphatic carbocycles. The van der Waals surface area contributed by atoms with Crippen LogP contribution >= 0.6 is 0 Å². The first-order valence-corrected chi connectivity index (χ1v) is 2.41. The highest BCUT2D eigenvalue weighted by Crippen LogP contribution is 1.92. The molecular formula is C5H10N2O3. The van der Waals surface area contributed by atoms with Gasteiger partial charge in [0, 0.05) is 10.5 Å². The van der Waals surface area contributed by atoms with Crippen LogP contribution in [0.2, 0.25) is 0 Å². The van der Waals surface area contributed by atoms with Crippen molar-refractivity contribution >= 4 is 11.9 Å². The summed E-state index contributed by atoms with van der Waals surface area (Å²) in [5, 5.41) is 8.33. The summed E-state index contributed by atoms with van der Waals surface area (Å²) in [5.74, 6) is -2.95. The largest absolute Gasteiger partial charge is 0.480 e. The van der Waals surface area contributed by atoms with Crippen LogP contribution in [0.4, 0.5) is 0 Å². The Balaban J connectivity index is 4.67. The first-order chi connectivity index (χ1) is 5.71. The van der Waals surface area contributed by atoms with E-state index in [1.165, 1.54) is 0 Å². The quantitative estimate of drug-likeness (QED) is 0.460. The van der Waals surface area contributed by atoms with Crippen molar-refractivity contribution in [1.82, 2.24) is 0 Å². The standard InChI is InChI=1S/C5H10N2O3/c6-3(5(9)10)1-2-4(7)8/h3H,1-2,6H2,(H2,7,8)(H,9,10)/t3-/m0/s1/i1D,2D2/t1-,3+/m1. The minimum Gasteiger partial charge on any atom is -0.480 e. The molecular weight excluding hydrogens is 136 g/mol. The predicted molar refractivity (Wildman–Crippen MR) is 34.0 cm³/mol. The summed E-state index contributed by atoms with van der Waals surface area (Å²) in [6, 6.07) is -1.78. The fraction of sp³-hybridized carbons (Fsp3) is 0.600. The minimum absolute atomic E-state index is 1.40. The predicted octanol–water partition coefficient (Wildman–Crippen LogP) is -1.34. The van der Waals surface area contributed by atoms with Crippen LogP contribution in [0.5, 0.6) is 0 Å². The maximum absolute atomic E-state index is 10.5. The lowest BCUT2D eigenvalue weighted by atomic mass is 10.2. The summed E-state index contributed by atoms with van der Waals surface area (Å²) in [6.07, 6.45) is -4.65. The normalized spacial score (nSPS) is 21.5. The maximum atomic E-state index is 10.5. The van der Waals surface area contributed by atoms with Gasteiger partial charge in [0.1, 0.15) is 6.04 Å². The second-order valence-corrected chi connectivity index (χ2v) is 1.54. The Hall–Kier alpha value is -1.10. The first kappa shape index (κ1) is 4.68. The van der Waals surface area contributed by atoms with Gasteiger partial charge in [-0.3, -0.25) is 9.59 Å². The molecule has 0 unspecified atom stereocenters. The van der Waals surface area contributed by atoms with Crippen LogP contribution in [0, 0.1) is 0 Å². The van der Waals surface area contributed by atoms with Crippen molar-refractivity contribution in [3.05, 3.63) is 0 Å². The number of aliphatic carboxylic acids is 1. The molecule has 5 nitrogen and oxygen atoms in total. The molecule has 0 saturated heterocycles. The average molecular weight is 149 g/mol. The lowest BCUT2D eigenvalue weighted by Gasteiger charge is -2.01. The molecule has 0 saturated carbocycles. The number of amides is 1. The van der Waals surface area contributed by atoms with E-state index in [0.29, 0.717) is 0 Å². The summed E-state index contributed by atoms with van der Waals surface area (Å²) in [7, 11) is 0. The van der Waals surface area contributed by atoms with Gasteiger partial charge in [-0.05, 0) is 6.40 Å². The number of carboxylic acids is 1. The van der Waals surface area contributed by atoms with Crippen molar-refractivity contribution in [2.75, 3.05) is 0 Å². The summed E-state index contributed by atoms with van der Waals surface area (Å²) in [5.41, 5.74) is 9.58. The number of rotatable bonds is 4. The lowest BCUT2D eigenvalue weighted by Crippen LogP contribution is -2.31. The zero-order valence-electron chi connectivity index (χ0n) is 8.07. The van der Waals surface area contributed by atoms with Crippen molar-refractivity contribution in [2.45, 2.75) is 18.8 Å². The molecule has 2 atom stereocenters. The monoisotopic (exact) mass is 149 g/mol. The van der Waals surface area contributed by atoms with E-state index < -0.39 is 30.7 Å². The number of carbonyl (C=O) groups is 2. The molecule has 0 aromatic rings. The van der Waals surface area contributed by atoms with E-state index >= 15 is 0 Å². The lowest BCUT2D eigenvalue weighted by molar-refractivity contribution is -0.138. The Morgan fingerprint density at radius 3 is 2.50 bits per heavy atom. The third-order valence-electron chi connectivity index (χ3n) is 0.690. The van der Waals surface area contributed by atoms with Crippen molar-refractivity contribution in [2.24, 2.45) is 11.5 Å². The average Bonchev–Trinajstić information content (AvgIpc) is 2.01. The van der Waals surface area contributed by atoms with Crippen LogP contribution in [0.1, 0.15) is 16.9 Å². The summed E-state index contributed by atoms with van der Waals surface area (Å²) in [6.45, 7) is 0. The molecule has 0 bridgehead atoms. The second-order valence-electron chi connectivity index (χ2n) is 1.54. The van der Waals surface area contributed by atoms with Gasteiger partial charge in [0.2, 0.25) is 5.91 Å². The molecule has 0 fully saturated rings. The van der Waals surface area contributed by atoms with Crippen molar-refractivity contribution in [3.8, 4) is 0 Å². The highest BCUT2D eigenvalue weighted by atomic mass is 16.4. The molecule has 5 N–H and O–H groups in total. The van der Waals surface area contributed by atoms with Gasteiger partial charge in [0.15, 0.2) is 0 Å². The Morgan fingerprint density at radius 1 is 1.70 bits per heavy atom. The molecule has 0 aromatic carbocycles. The van der Waals surface area contributed by atoms with E-state index in [2.05, 4.69) is 5.73 Å². The highest BCUT2D eigenvalue weighted by Gasteiger charge is 2.11. The number of carbonyl (C=O) groups excluding carboxylic acids is 1. The van der Waals surface area contributed by atoms with Crippen molar-refractivity contribution in [3.63, 3.8) is 0 Å². The Morgan fingerprint density at radius 2 is 2.20 bits per heavy atom. The van der Waals surface area contributed by atoms with Gasteiger partial charge >= 0.3 is 5.97 Å². The molecule has 10 heavy (non-hydrogen) atoms. The van der Waals surface area contributed by atoms with Gasteiger partial charge in [0.25, 0.3) is 0 Å². The van der Waals surface area contributed by atoms with Gasteiger partial charge in [0.05, 0.1) is 0 Å². The molecule has 1 amide bonds. The molecule has 0 aliphatic rings. The van der Waals surface area contributed by atoms with Crippen LogP contribution < -0.4 is 11.5 Å². The Bertz CT molecular complexity index is 233. The molecule has 0 radical (unpaired) electrons. The minimum atomic E-state index is -2.74. The van der Waals surface area contributed by atoms with Crippen molar-refractivity contribution in [1.29, 1.82) is 0 Å². The second kappa shape index (κ2) is 3.84. The topological polar surface area (TPSA) is 106 Å². The highest BCUT2D eigenvalue weighted by molar-refractivity contribution is 5.76. The van der Waals surface area contributed by atoms with Gasteiger partial charge in [-0.15, -0.1) is 0 Å². The van der Waals surface area contributed by atoms with Crippen LogP contribution in [0.3, 0.4) is 0 Å². The van der Waals surface area contributed by atoms with Crippen LogP contribution in [-0.4, -0.2) is 23.0 Å². The van der Waals surface area contributed by atoms with E-state index in [1.54, 1.807) is 0 Å². The third-order valence-corrected chi connectivity index (χ3v) is 0.690. The van der Waals surface area contributed by atoms with Crippen LogP contribution in [-0.2, 0) is 9.59 Å². The fourth-order valence-electron chi connectivity index (χ4n) is 0.243. The molecule has 0 spiro atoms. The number of hydrogen-bond acceptors (Lipinski definition) is 3. The van der Waals surface area contributed by atoms with Gasteiger partial charge in [-0.1, -0.05) is 0 Å². The molecule has 0 rings (SSSR count). The van der Waals surface area contributed by atoms with E-state index in [9.17, 15) is 9.59 Å². The van der Waals surface area contributed by atoms with E-state index in [-0.39, 0.29) is 0 Å². The molecule has 0 heterocycles. The van der Waals surface area contributed by atoms with Crippen LogP contribution in [0.25, 0.3) is 0 Å². The first-order valence-electron chi connectivity index (χ1n) is 3.99. The van der Waals surface area contributed by atoms with Gasteiger partial charge < -0.3 is 16.6 Å². The van der Waals surface area contributed by atoms with Crippen molar-refractivity contribution < 1.29 is 18.8 Å². The number of primary amides is 1. The third kappa shape index (κ3) is 3.85. The maximum Gasteiger partial charge on any atom is 0.320 e. The van der Waals surface area contributed by atoms with E-state index in [4.69, 9.17) is 15.0 Å². The Kier molecular flexibility index (Phi) is 1.79. The summed E-state index contributed by atoms with van der Waals surface area (Å²) in [4.78, 5) is 20.7. The number of nitrogens with two attached hydrogens (primary N) is 2. The summed E-state index contributed by atoms with van der Waals surface area (Å²) >= 11 is 0. The molecule has 0 aromatic heterocycles. The number of hydrogen-bond donors (Lipinski definition) is 3. The zero-order valence-corrected chi connectivity index (χ0v) is 5.07. The van der Waals surface area contributed by atoms with Gasteiger partial charge in [-0.25, -0.2) is 0 Å². The van der Waals surface area contributed by atoms with Crippen LogP contribution in [0.15, 0.2) is 0 Å². The molecule has 0 aliphatic heterocycles. The van der Waals surface area contributed by atoms with E-state index in [1.807, 2.05) is 0 Å². The zero-order chi connectivity index (χ0) is 10.8. The molecule has 5 heteroatoms. The smallest absolute Gasteiger partial charge is 0.320 e.